The maximum absolute atomic E-state index is 12.1. The molecule has 120 valence electrons. The SMILES string of the molecule is C=Cc1ccc(N2CCN(C(=O)OC(C)(C)C)CC2)nc1C. The van der Waals surface area contributed by atoms with Crippen molar-refractivity contribution in [3.63, 3.8) is 0 Å². The largest absolute Gasteiger partial charge is 0.444 e. The predicted octanol–water partition coefficient (Wildman–Crippen LogP) is 3.09. The number of aryl methyl sites for hydroxylation is 1. The lowest BCUT2D eigenvalue weighted by molar-refractivity contribution is 0.0240. The van der Waals surface area contributed by atoms with Crippen LogP contribution in [0.4, 0.5) is 10.6 Å². The van der Waals surface area contributed by atoms with Gasteiger partial charge >= 0.3 is 6.09 Å². The molecule has 0 spiro atoms. The van der Waals surface area contributed by atoms with E-state index in [9.17, 15) is 4.79 Å². The minimum Gasteiger partial charge on any atom is -0.444 e. The maximum atomic E-state index is 12.1. The molecule has 22 heavy (non-hydrogen) atoms. The first-order chi connectivity index (χ1) is 10.3. The normalized spacial score (nSPS) is 15.6. The molecule has 0 radical (unpaired) electrons. The minimum atomic E-state index is -0.451. The lowest BCUT2D eigenvalue weighted by Crippen LogP contribution is -2.50. The van der Waals surface area contributed by atoms with E-state index in [1.165, 1.54) is 0 Å². The molecule has 0 aliphatic carbocycles. The number of carbonyl (C=O) groups excluding carboxylic acids is 1. The Morgan fingerprint density at radius 1 is 1.27 bits per heavy atom. The Morgan fingerprint density at radius 3 is 2.41 bits per heavy atom. The van der Waals surface area contributed by atoms with Gasteiger partial charge in [0.25, 0.3) is 0 Å². The number of anilines is 1. The molecule has 2 rings (SSSR count). The molecule has 5 nitrogen and oxygen atoms in total. The number of nitrogens with zero attached hydrogens (tertiary/aromatic N) is 3. The van der Waals surface area contributed by atoms with Crippen molar-refractivity contribution in [2.45, 2.75) is 33.3 Å². The lowest BCUT2D eigenvalue weighted by Gasteiger charge is -2.36. The molecule has 0 aromatic carbocycles. The van der Waals surface area contributed by atoms with Gasteiger partial charge in [-0.3, -0.25) is 0 Å². The standard InChI is InChI=1S/C17H25N3O2/c1-6-14-7-8-15(18-13(14)2)19-9-11-20(12-10-19)16(21)22-17(3,4)5/h6-8H,1,9-12H2,2-5H3. The molecule has 0 atom stereocenters. The molecule has 1 aromatic rings. The Bertz CT molecular complexity index is 556. The van der Waals surface area contributed by atoms with Crippen LogP contribution in [0.2, 0.25) is 0 Å². The van der Waals surface area contributed by atoms with E-state index in [0.29, 0.717) is 13.1 Å². The quantitative estimate of drug-likeness (QED) is 0.842. The third-order valence-corrected chi connectivity index (χ3v) is 3.59. The smallest absolute Gasteiger partial charge is 0.410 e. The van der Waals surface area contributed by atoms with Gasteiger partial charge in [0.15, 0.2) is 0 Å². The van der Waals surface area contributed by atoms with Crippen molar-refractivity contribution < 1.29 is 9.53 Å². The van der Waals surface area contributed by atoms with Gasteiger partial charge in [0.1, 0.15) is 11.4 Å². The van der Waals surface area contributed by atoms with Gasteiger partial charge in [0.05, 0.1) is 0 Å². The fourth-order valence-corrected chi connectivity index (χ4v) is 2.40. The molecule has 1 fully saturated rings. The van der Waals surface area contributed by atoms with Gasteiger partial charge in [-0.05, 0) is 45.4 Å². The minimum absolute atomic E-state index is 0.238. The highest BCUT2D eigenvalue weighted by atomic mass is 16.6. The molecule has 1 aliphatic heterocycles. The topological polar surface area (TPSA) is 45.7 Å². The van der Waals surface area contributed by atoms with Crippen LogP contribution < -0.4 is 4.90 Å². The lowest BCUT2D eigenvalue weighted by atomic mass is 10.2. The summed E-state index contributed by atoms with van der Waals surface area (Å²) in [6, 6.07) is 4.04. The zero-order valence-corrected chi connectivity index (χ0v) is 13.9. The molecule has 1 aliphatic rings. The Morgan fingerprint density at radius 2 is 1.91 bits per heavy atom. The number of ether oxygens (including phenoxy) is 1. The van der Waals surface area contributed by atoms with Crippen LogP contribution in [0.15, 0.2) is 18.7 Å². The number of rotatable bonds is 2. The summed E-state index contributed by atoms with van der Waals surface area (Å²) in [6.45, 7) is 14.2. The second-order valence-electron chi connectivity index (χ2n) is 6.50. The molecular weight excluding hydrogens is 278 g/mol. The summed E-state index contributed by atoms with van der Waals surface area (Å²) in [5.74, 6) is 0.951. The fraction of sp³-hybridized carbons (Fsp3) is 0.529. The van der Waals surface area contributed by atoms with E-state index >= 15 is 0 Å². The van der Waals surface area contributed by atoms with E-state index in [-0.39, 0.29) is 6.09 Å². The second-order valence-corrected chi connectivity index (χ2v) is 6.50. The third kappa shape index (κ3) is 4.00. The summed E-state index contributed by atoms with van der Waals surface area (Å²) >= 11 is 0. The van der Waals surface area contributed by atoms with Crippen LogP contribution in [0, 0.1) is 6.92 Å². The monoisotopic (exact) mass is 303 g/mol. The molecule has 0 N–H and O–H groups in total. The van der Waals surface area contributed by atoms with Crippen LogP contribution in [0.5, 0.6) is 0 Å². The first kappa shape index (κ1) is 16.3. The first-order valence-corrected chi connectivity index (χ1v) is 7.63. The summed E-state index contributed by atoms with van der Waals surface area (Å²) in [4.78, 5) is 20.6. The molecule has 0 saturated carbocycles. The number of hydrogen-bond acceptors (Lipinski definition) is 4. The Kier molecular flexibility index (Phi) is 4.74. The Balaban J connectivity index is 1.96. The molecule has 1 saturated heterocycles. The summed E-state index contributed by atoms with van der Waals surface area (Å²) in [6.07, 6.45) is 1.57. The van der Waals surface area contributed by atoms with E-state index in [1.807, 2.05) is 45.9 Å². The van der Waals surface area contributed by atoms with Crippen molar-refractivity contribution in [1.29, 1.82) is 0 Å². The van der Waals surface area contributed by atoms with Gasteiger partial charge in [-0.1, -0.05) is 12.7 Å². The third-order valence-electron chi connectivity index (χ3n) is 3.59. The zero-order chi connectivity index (χ0) is 16.3. The van der Waals surface area contributed by atoms with Gasteiger partial charge in [0, 0.05) is 31.9 Å². The number of amides is 1. The summed E-state index contributed by atoms with van der Waals surface area (Å²) in [7, 11) is 0. The van der Waals surface area contributed by atoms with Gasteiger partial charge < -0.3 is 14.5 Å². The number of hydrogen-bond donors (Lipinski definition) is 0. The number of pyridine rings is 1. The van der Waals surface area contributed by atoms with Crippen molar-refractivity contribution in [2.75, 3.05) is 31.1 Å². The van der Waals surface area contributed by atoms with Crippen molar-refractivity contribution in [3.8, 4) is 0 Å². The molecular formula is C17H25N3O2. The number of carbonyl (C=O) groups is 1. The van der Waals surface area contributed by atoms with Crippen LogP contribution in [0.25, 0.3) is 6.08 Å². The van der Waals surface area contributed by atoms with Crippen molar-refractivity contribution >= 4 is 18.0 Å². The molecule has 2 heterocycles. The average Bonchev–Trinajstić information content (AvgIpc) is 2.45. The summed E-state index contributed by atoms with van der Waals surface area (Å²) in [5, 5.41) is 0. The van der Waals surface area contributed by atoms with E-state index in [0.717, 1.165) is 30.2 Å². The van der Waals surface area contributed by atoms with Crippen molar-refractivity contribution in [1.82, 2.24) is 9.88 Å². The summed E-state index contributed by atoms with van der Waals surface area (Å²) < 4.78 is 5.41. The van der Waals surface area contributed by atoms with E-state index in [2.05, 4.69) is 16.5 Å². The van der Waals surface area contributed by atoms with E-state index < -0.39 is 5.60 Å². The predicted molar refractivity (Wildman–Crippen MR) is 89.1 cm³/mol. The van der Waals surface area contributed by atoms with Crippen molar-refractivity contribution in [3.05, 3.63) is 30.0 Å². The van der Waals surface area contributed by atoms with Crippen LogP contribution in [-0.2, 0) is 4.74 Å². The molecule has 0 unspecified atom stereocenters. The van der Waals surface area contributed by atoms with Crippen molar-refractivity contribution in [2.24, 2.45) is 0 Å². The highest BCUT2D eigenvalue weighted by molar-refractivity contribution is 5.68. The van der Waals surface area contributed by atoms with Crippen LogP contribution >= 0.6 is 0 Å². The molecule has 1 aromatic heterocycles. The van der Waals surface area contributed by atoms with E-state index in [4.69, 9.17) is 4.74 Å². The Labute approximate surface area is 132 Å². The maximum Gasteiger partial charge on any atom is 0.410 e. The van der Waals surface area contributed by atoms with Crippen LogP contribution in [-0.4, -0.2) is 47.8 Å². The molecule has 1 amide bonds. The average molecular weight is 303 g/mol. The highest BCUT2D eigenvalue weighted by Crippen LogP contribution is 2.18. The van der Waals surface area contributed by atoms with Crippen LogP contribution in [0.1, 0.15) is 32.0 Å². The number of aromatic nitrogens is 1. The van der Waals surface area contributed by atoms with E-state index in [1.54, 1.807) is 4.90 Å². The van der Waals surface area contributed by atoms with Gasteiger partial charge in [-0.15, -0.1) is 0 Å². The van der Waals surface area contributed by atoms with Gasteiger partial charge in [-0.25, -0.2) is 9.78 Å². The first-order valence-electron chi connectivity index (χ1n) is 7.63. The number of piperazine rings is 1. The molecule has 5 heteroatoms. The summed E-state index contributed by atoms with van der Waals surface area (Å²) in [5.41, 5.74) is 1.58. The fourth-order valence-electron chi connectivity index (χ4n) is 2.40. The van der Waals surface area contributed by atoms with Gasteiger partial charge in [0.2, 0.25) is 0 Å². The highest BCUT2D eigenvalue weighted by Gasteiger charge is 2.26. The Hall–Kier alpha value is -2.04. The second kappa shape index (κ2) is 6.38. The molecule has 0 bridgehead atoms. The van der Waals surface area contributed by atoms with Crippen LogP contribution in [0.3, 0.4) is 0 Å². The zero-order valence-electron chi connectivity index (χ0n) is 13.9. The van der Waals surface area contributed by atoms with Gasteiger partial charge in [-0.2, -0.15) is 0 Å².